The molecule has 2 nitrogen and oxygen atoms in total. The summed E-state index contributed by atoms with van der Waals surface area (Å²) >= 11 is 6.19. The third-order valence-corrected chi connectivity index (χ3v) is 23.9. The Morgan fingerprint density at radius 1 is 0.182 bits per heavy atom. The number of rotatable bonds is 8. The van der Waals surface area contributed by atoms with Gasteiger partial charge in [-0.05, 0) is 212 Å². The molecule has 682 valence electrons. The minimum Gasteiger partial charge on any atom is -0.241 e. The highest BCUT2D eigenvalue weighted by Gasteiger charge is 2.21. The molecular formula is C129H149ClN2. The zero-order valence-electron chi connectivity index (χ0n) is 84.8. The molecule has 0 aliphatic rings. The summed E-state index contributed by atoms with van der Waals surface area (Å²) in [5.41, 5.74) is 36.8. The standard InChI is InChI=1S/4C17H20.C16H17Cl.2C16H18.C13H16N2/c2*1-13-5-7-14(8-6-13)15-9-11-16(12-10-15)17(2,3)4;2*1-13-8-10-14(11-9-13)15-6-5-7-16(12-15)17(2,3)4;1-16(2,3)13-10-8-12(9-11-13)14-6-4-5-7-15(14)17;1-16(2,3)15-11-7-10-14(12-15)13-8-5-4-6-9-13;1-16(2,3)15-11-9-14(10-12-15)13-7-5-4-6-8-13;1-13(2,3)11-6-4-7-12(10-11)15-9-5-8-14-15/h4*5-12H,1-4H3;4-11H,1-3H3;2*4-12H,1-3H3;4-10H,1-3H3. The maximum atomic E-state index is 6.19. The fraction of sp³-hybridized carbons (Fsp3) is 0.279. The highest BCUT2D eigenvalue weighted by atomic mass is 35.5. The van der Waals surface area contributed by atoms with Gasteiger partial charge in [0.2, 0.25) is 0 Å². The van der Waals surface area contributed by atoms with Gasteiger partial charge in [-0.25, -0.2) is 4.68 Å². The van der Waals surface area contributed by atoms with Gasteiger partial charge in [0.15, 0.2) is 0 Å². The van der Waals surface area contributed by atoms with Crippen LogP contribution in [-0.4, -0.2) is 9.78 Å². The lowest BCUT2D eigenvalue weighted by atomic mass is 9.85. The fourth-order valence-corrected chi connectivity index (χ4v) is 14.9. The zero-order chi connectivity index (χ0) is 96.4. The van der Waals surface area contributed by atoms with Crippen LogP contribution in [-0.2, 0) is 43.3 Å². The van der Waals surface area contributed by atoms with E-state index in [1.807, 2.05) is 41.2 Å². The number of hydrogen-bond donors (Lipinski definition) is 0. The van der Waals surface area contributed by atoms with Crippen LogP contribution >= 0.6 is 11.6 Å². The molecule has 132 heavy (non-hydrogen) atoms. The molecule has 0 amide bonds. The first kappa shape index (κ1) is 104. The van der Waals surface area contributed by atoms with Gasteiger partial charge in [-0.3, -0.25) is 0 Å². The van der Waals surface area contributed by atoms with E-state index in [9.17, 15) is 0 Å². The highest BCUT2D eigenvalue weighted by Crippen LogP contribution is 2.36. The predicted molar refractivity (Wildman–Crippen MR) is 580 cm³/mol. The molecule has 0 radical (unpaired) electrons. The maximum absolute atomic E-state index is 6.19. The van der Waals surface area contributed by atoms with E-state index in [1.54, 1.807) is 6.20 Å². The average molecular weight is 1760 g/mol. The van der Waals surface area contributed by atoms with Gasteiger partial charge in [0, 0.05) is 23.0 Å². The molecule has 1 aromatic heterocycles. The van der Waals surface area contributed by atoms with Gasteiger partial charge < -0.3 is 0 Å². The topological polar surface area (TPSA) is 17.8 Å². The Balaban J connectivity index is 0.000000170. The van der Waals surface area contributed by atoms with E-state index in [4.69, 9.17) is 11.6 Å². The summed E-state index contributed by atoms with van der Waals surface area (Å²) < 4.78 is 1.88. The minimum atomic E-state index is 0.184. The number of halogens is 1. The first-order valence-electron chi connectivity index (χ1n) is 47.1. The van der Waals surface area contributed by atoms with E-state index >= 15 is 0 Å². The molecule has 1 heterocycles. The third-order valence-electron chi connectivity index (χ3n) is 23.6. The van der Waals surface area contributed by atoms with Crippen LogP contribution in [0.25, 0.3) is 83.6 Å². The van der Waals surface area contributed by atoms with Gasteiger partial charge in [-0.2, -0.15) is 5.10 Å². The number of benzene rings is 15. The summed E-state index contributed by atoms with van der Waals surface area (Å²) in [6.45, 7) is 62.2. The van der Waals surface area contributed by atoms with Gasteiger partial charge >= 0.3 is 0 Å². The van der Waals surface area contributed by atoms with Gasteiger partial charge in [0.25, 0.3) is 0 Å². The summed E-state index contributed by atoms with van der Waals surface area (Å²) in [6, 6.07) is 136. The van der Waals surface area contributed by atoms with E-state index in [-0.39, 0.29) is 43.3 Å². The summed E-state index contributed by atoms with van der Waals surface area (Å²) in [5, 5.41) is 5.03. The largest absolute Gasteiger partial charge is 0.241 e. The summed E-state index contributed by atoms with van der Waals surface area (Å²) in [4.78, 5) is 0. The molecule has 0 aliphatic carbocycles. The second kappa shape index (κ2) is 46.2. The van der Waals surface area contributed by atoms with Gasteiger partial charge in [0.05, 0.1) is 5.69 Å². The van der Waals surface area contributed by atoms with Crippen LogP contribution in [0.15, 0.2) is 395 Å². The lowest BCUT2D eigenvalue weighted by molar-refractivity contribution is 0.589. The quantitative estimate of drug-likeness (QED) is 0.148. The van der Waals surface area contributed by atoms with Crippen LogP contribution in [0.2, 0.25) is 5.02 Å². The molecule has 0 fully saturated rings. The zero-order valence-corrected chi connectivity index (χ0v) is 85.6. The maximum Gasteiger partial charge on any atom is 0.0648 e. The van der Waals surface area contributed by atoms with E-state index in [2.05, 4.69) is 551 Å². The Labute approximate surface area is 802 Å². The number of nitrogens with zero attached hydrogens (tertiary/aromatic N) is 2. The van der Waals surface area contributed by atoms with Crippen LogP contribution < -0.4 is 0 Å². The lowest BCUT2D eigenvalue weighted by Crippen LogP contribution is -2.11. The van der Waals surface area contributed by atoms with E-state index in [0.717, 1.165) is 16.3 Å². The Bertz CT molecular complexity index is 5920. The molecule has 0 bridgehead atoms. The number of aromatic nitrogens is 2. The van der Waals surface area contributed by atoms with Crippen molar-refractivity contribution in [3.63, 3.8) is 0 Å². The Morgan fingerprint density at radius 2 is 0.394 bits per heavy atom. The molecular weight excluding hydrogens is 1610 g/mol. The number of aryl methyl sites for hydroxylation is 4. The van der Waals surface area contributed by atoms with E-state index in [0.29, 0.717) is 0 Å². The normalized spacial score (nSPS) is 11.5. The van der Waals surface area contributed by atoms with Crippen LogP contribution in [0.4, 0.5) is 0 Å². The van der Waals surface area contributed by atoms with Crippen LogP contribution in [0.1, 0.15) is 233 Å². The fourth-order valence-electron chi connectivity index (χ4n) is 14.6. The molecule has 0 saturated carbocycles. The molecule has 0 unspecified atom stereocenters. The molecule has 0 spiro atoms. The van der Waals surface area contributed by atoms with Crippen molar-refractivity contribution in [3.05, 3.63) is 466 Å². The minimum absolute atomic E-state index is 0.184. The molecule has 0 saturated heterocycles. The molecule has 16 rings (SSSR count). The van der Waals surface area contributed by atoms with Crippen molar-refractivity contribution < 1.29 is 0 Å². The number of hydrogen-bond acceptors (Lipinski definition) is 1. The average Bonchev–Trinajstić information content (AvgIpc) is 1.69. The smallest absolute Gasteiger partial charge is 0.0648 e. The molecule has 0 aliphatic heterocycles. The molecule has 0 atom stereocenters. The van der Waals surface area contributed by atoms with Crippen LogP contribution in [0.5, 0.6) is 0 Å². The van der Waals surface area contributed by atoms with Gasteiger partial charge in [-0.15, -0.1) is 0 Å². The Morgan fingerprint density at radius 3 is 0.652 bits per heavy atom. The Hall–Kier alpha value is -12.2. The van der Waals surface area contributed by atoms with E-state index < -0.39 is 0 Å². The molecule has 0 N–H and O–H groups in total. The van der Waals surface area contributed by atoms with Crippen molar-refractivity contribution in [2.75, 3.05) is 0 Å². The highest BCUT2D eigenvalue weighted by molar-refractivity contribution is 6.33. The molecule has 16 aromatic rings. The van der Waals surface area contributed by atoms with Crippen molar-refractivity contribution >= 4 is 11.6 Å². The Kier molecular flexibility index (Phi) is 36.3. The summed E-state index contributed by atoms with van der Waals surface area (Å²) in [5.74, 6) is 0. The summed E-state index contributed by atoms with van der Waals surface area (Å²) in [7, 11) is 0. The van der Waals surface area contributed by atoms with Gasteiger partial charge in [0.1, 0.15) is 0 Å². The van der Waals surface area contributed by atoms with E-state index in [1.165, 1.54) is 139 Å². The van der Waals surface area contributed by atoms with Gasteiger partial charge in [-0.1, -0.05) is 558 Å². The first-order chi connectivity index (χ1) is 62.1. The molecule has 3 heteroatoms. The summed E-state index contributed by atoms with van der Waals surface area (Å²) in [6.07, 6.45) is 3.76. The molecule has 15 aromatic carbocycles. The van der Waals surface area contributed by atoms with Crippen LogP contribution in [0, 0.1) is 27.7 Å². The first-order valence-corrected chi connectivity index (χ1v) is 47.4. The van der Waals surface area contributed by atoms with Crippen molar-refractivity contribution in [1.29, 1.82) is 0 Å². The second-order valence-corrected chi connectivity index (χ2v) is 43.6. The lowest BCUT2D eigenvalue weighted by Gasteiger charge is -2.19. The third kappa shape index (κ3) is 32.7. The SMILES string of the molecule is CC(C)(C)c1ccc(-c2ccccc2)cc1.CC(C)(C)c1ccc(-c2ccccc2Cl)cc1.CC(C)(C)c1cccc(-c2ccccc2)c1.CC(C)(C)c1cccc(-n2cccn2)c1.Cc1ccc(-c2ccc(C(C)(C)C)cc2)cc1.Cc1ccc(-c2ccc(C(C)(C)C)cc2)cc1.Cc1ccc(-c2cccc(C(C)(C)C)c2)cc1.Cc1ccc(-c2cccc(C(C)(C)C)c2)cc1. The van der Waals surface area contributed by atoms with Crippen molar-refractivity contribution in [3.8, 4) is 83.6 Å². The van der Waals surface area contributed by atoms with Crippen molar-refractivity contribution in [2.24, 2.45) is 0 Å². The monoisotopic (exact) mass is 1760 g/mol. The van der Waals surface area contributed by atoms with Crippen molar-refractivity contribution in [1.82, 2.24) is 9.78 Å². The second-order valence-electron chi connectivity index (χ2n) is 43.2. The predicted octanol–water partition coefficient (Wildman–Crippen LogP) is 37.6. The van der Waals surface area contributed by atoms with Crippen molar-refractivity contribution in [2.45, 2.75) is 237 Å². The van der Waals surface area contributed by atoms with Crippen LogP contribution in [0.3, 0.4) is 0 Å².